The third kappa shape index (κ3) is 6.43. The molecule has 2 aromatic carbocycles. The lowest BCUT2D eigenvalue weighted by Crippen LogP contribution is -2.35. The van der Waals surface area contributed by atoms with Crippen LogP contribution in [0.4, 0.5) is 0 Å². The van der Waals surface area contributed by atoms with Crippen LogP contribution in [0.3, 0.4) is 0 Å². The van der Waals surface area contributed by atoms with Gasteiger partial charge in [-0.25, -0.2) is 4.79 Å². The van der Waals surface area contributed by atoms with Crippen LogP contribution in [0, 0.1) is 0 Å². The number of amides is 1. The quantitative estimate of drug-likeness (QED) is 0.584. The molecule has 0 aliphatic heterocycles. The molecule has 0 saturated heterocycles. The molecule has 2 rings (SSSR count). The van der Waals surface area contributed by atoms with Crippen molar-refractivity contribution < 1.29 is 19.1 Å². The largest absolute Gasteiger partial charge is 0.494 e. The number of benzene rings is 2. The first-order chi connectivity index (χ1) is 12.6. The fraction of sp³-hybridized carbons (Fsp3) is 0.238. The van der Waals surface area contributed by atoms with E-state index in [1.165, 1.54) is 6.08 Å². The molecule has 5 heteroatoms. The summed E-state index contributed by atoms with van der Waals surface area (Å²) in [4.78, 5) is 23.9. The maximum atomic E-state index is 12.0. The zero-order valence-electron chi connectivity index (χ0n) is 15.0. The highest BCUT2D eigenvalue weighted by Gasteiger charge is 2.15. The van der Waals surface area contributed by atoms with E-state index in [2.05, 4.69) is 5.32 Å². The smallest absolute Gasteiger partial charge is 0.331 e. The third-order valence-corrected chi connectivity index (χ3v) is 3.57. The molecule has 0 unspecified atom stereocenters. The Hall–Kier alpha value is -3.08. The maximum absolute atomic E-state index is 12.0. The first-order valence-electron chi connectivity index (χ1n) is 8.51. The zero-order valence-corrected chi connectivity index (χ0v) is 15.0. The van der Waals surface area contributed by atoms with Crippen molar-refractivity contribution in [2.24, 2.45) is 0 Å². The molecule has 0 fully saturated rings. The van der Waals surface area contributed by atoms with Crippen LogP contribution in [0.2, 0.25) is 0 Å². The lowest BCUT2D eigenvalue weighted by Gasteiger charge is -2.12. The van der Waals surface area contributed by atoms with Crippen LogP contribution in [0.5, 0.6) is 5.75 Å². The van der Waals surface area contributed by atoms with E-state index in [-0.39, 0.29) is 5.91 Å². The minimum Gasteiger partial charge on any atom is -0.494 e. The van der Waals surface area contributed by atoms with Crippen LogP contribution in [0.1, 0.15) is 25.0 Å². The Morgan fingerprint density at radius 3 is 2.42 bits per heavy atom. The number of esters is 1. The van der Waals surface area contributed by atoms with Gasteiger partial charge in [0.05, 0.1) is 6.61 Å². The molecule has 0 saturated carbocycles. The summed E-state index contributed by atoms with van der Waals surface area (Å²) in [5, 5.41) is 2.74. The van der Waals surface area contributed by atoms with Gasteiger partial charge in [-0.3, -0.25) is 4.79 Å². The van der Waals surface area contributed by atoms with E-state index in [0.717, 1.165) is 16.9 Å². The van der Waals surface area contributed by atoms with Crippen LogP contribution in [-0.4, -0.2) is 24.6 Å². The SMILES string of the molecule is CCOc1ccc(/C=C/C(=O)O[C@@H](C)C(=O)NCc2ccccc2)cc1. The number of carbonyl (C=O) groups is 2. The number of ether oxygens (including phenoxy) is 2. The van der Waals surface area contributed by atoms with E-state index >= 15 is 0 Å². The Bertz CT molecular complexity index is 738. The van der Waals surface area contributed by atoms with Crippen molar-refractivity contribution in [1.82, 2.24) is 5.32 Å². The first-order valence-corrected chi connectivity index (χ1v) is 8.51. The highest BCUT2D eigenvalue weighted by Crippen LogP contribution is 2.13. The van der Waals surface area contributed by atoms with Crippen molar-refractivity contribution in [3.8, 4) is 5.75 Å². The lowest BCUT2D eigenvalue weighted by atomic mass is 10.2. The van der Waals surface area contributed by atoms with Gasteiger partial charge in [-0.15, -0.1) is 0 Å². The van der Waals surface area contributed by atoms with Gasteiger partial charge in [0.2, 0.25) is 0 Å². The molecule has 26 heavy (non-hydrogen) atoms. The van der Waals surface area contributed by atoms with Gasteiger partial charge >= 0.3 is 5.97 Å². The standard InChI is InChI=1S/C21H23NO4/c1-3-25-19-12-9-17(10-13-19)11-14-20(23)26-16(2)21(24)22-15-18-7-5-4-6-8-18/h4-14,16H,3,15H2,1-2H3,(H,22,24)/b14-11+/t16-/m0/s1. The highest BCUT2D eigenvalue weighted by molar-refractivity contribution is 5.90. The van der Waals surface area contributed by atoms with Gasteiger partial charge in [0.25, 0.3) is 5.91 Å². The molecule has 2 aromatic rings. The monoisotopic (exact) mass is 353 g/mol. The maximum Gasteiger partial charge on any atom is 0.331 e. The fourth-order valence-corrected chi connectivity index (χ4v) is 2.20. The molecule has 0 bridgehead atoms. The van der Waals surface area contributed by atoms with E-state index in [4.69, 9.17) is 9.47 Å². The Kier molecular flexibility index (Phi) is 7.43. The second kappa shape index (κ2) is 10.0. The average molecular weight is 353 g/mol. The molecular formula is C21H23NO4. The van der Waals surface area contributed by atoms with Crippen molar-refractivity contribution in [3.63, 3.8) is 0 Å². The first kappa shape index (κ1) is 19.2. The third-order valence-electron chi connectivity index (χ3n) is 3.57. The topological polar surface area (TPSA) is 64.6 Å². The molecule has 1 amide bonds. The Labute approximate surface area is 153 Å². The normalized spacial score (nSPS) is 11.8. The van der Waals surface area contributed by atoms with E-state index in [1.807, 2.05) is 61.5 Å². The summed E-state index contributed by atoms with van der Waals surface area (Å²) in [6.45, 7) is 4.46. The Morgan fingerprint density at radius 1 is 1.08 bits per heavy atom. The number of hydrogen-bond donors (Lipinski definition) is 1. The van der Waals surface area contributed by atoms with Gasteiger partial charge in [0.15, 0.2) is 6.10 Å². The van der Waals surface area contributed by atoms with Gasteiger partial charge in [-0.2, -0.15) is 0 Å². The molecule has 1 N–H and O–H groups in total. The summed E-state index contributed by atoms with van der Waals surface area (Å²) in [6, 6.07) is 16.9. The van der Waals surface area contributed by atoms with Crippen molar-refractivity contribution in [3.05, 3.63) is 71.8 Å². The summed E-state index contributed by atoms with van der Waals surface area (Å²) >= 11 is 0. The van der Waals surface area contributed by atoms with Gasteiger partial charge < -0.3 is 14.8 Å². The van der Waals surface area contributed by atoms with E-state index in [9.17, 15) is 9.59 Å². The molecule has 5 nitrogen and oxygen atoms in total. The summed E-state index contributed by atoms with van der Waals surface area (Å²) in [5.74, 6) is -0.131. The molecule has 0 aliphatic carbocycles. The minimum absolute atomic E-state index is 0.336. The average Bonchev–Trinajstić information content (AvgIpc) is 2.66. The number of carbonyl (C=O) groups excluding carboxylic acids is 2. The van der Waals surface area contributed by atoms with Crippen LogP contribution < -0.4 is 10.1 Å². The molecule has 0 heterocycles. The second-order valence-electron chi connectivity index (χ2n) is 5.62. The van der Waals surface area contributed by atoms with Crippen molar-refractivity contribution in [2.75, 3.05) is 6.61 Å². The zero-order chi connectivity index (χ0) is 18.8. The van der Waals surface area contributed by atoms with E-state index < -0.39 is 12.1 Å². The van der Waals surface area contributed by atoms with Crippen LogP contribution in [0.15, 0.2) is 60.7 Å². The highest BCUT2D eigenvalue weighted by atomic mass is 16.5. The number of hydrogen-bond acceptors (Lipinski definition) is 4. The Balaban J connectivity index is 1.79. The molecular weight excluding hydrogens is 330 g/mol. The van der Waals surface area contributed by atoms with Crippen LogP contribution >= 0.6 is 0 Å². The molecule has 0 aromatic heterocycles. The van der Waals surface area contributed by atoms with E-state index in [0.29, 0.717) is 13.2 Å². The second-order valence-corrected chi connectivity index (χ2v) is 5.62. The van der Waals surface area contributed by atoms with Gasteiger partial charge in [-0.05, 0) is 43.2 Å². The van der Waals surface area contributed by atoms with Crippen LogP contribution in [-0.2, 0) is 20.9 Å². The van der Waals surface area contributed by atoms with E-state index in [1.54, 1.807) is 13.0 Å². The van der Waals surface area contributed by atoms with Crippen LogP contribution in [0.25, 0.3) is 6.08 Å². The summed E-state index contributed by atoms with van der Waals surface area (Å²) < 4.78 is 10.5. The Morgan fingerprint density at radius 2 is 1.77 bits per heavy atom. The lowest BCUT2D eigenvalue weighted by molar-refractivity contribution is -0.150. The number of nitrogens with one attached hydrogen (secondary N) is 1. The minimum atomic E-state index is -0.865. The summed E-state index contributed by atoms with van der Waals surface area (Å²) in [5.41, 5.74) is 1.82. The number of rotatable bonds is 8. The predicted octanol–water partition coefficient (Wildman–Crippen LogP) is 3.35. The summed E-state index contributed by atoms with van der Waals surface area (Å²) in [6.07, 6.45) is 2.07. The molecule has 1 atom stereocenters. The summed E-state index contributed by atoms with van der Waals surface area (Å²) in [7, 11) is 0. The van der Waals surface area contributed by atoms with Gasteiger partial charge in [0.1, 0.15) is 5.75 Å². The molecule has 136 valence electrons. The van der Waals surface area contributed by atoms with Crippen molar-refractivity contribution >= 4 is 18.0 Å². The molecule has 0 radical (unpaired) electrons. The fourth-order valence-electron chi connectivity index (χ4n) is 2.20. The molecule has 0 spiro atoms. The van der Waals surface area contributed by atoms with Crippen molar-refractivity contribution in [2.45, 2.75) is 26.5 Å². The molecule has 0 aliphatic rings. The van der Waals surface area contributed by atoms with Crippen molar-refractivity contribution in [1.29, 1.82) is 0 Å². The predicted molar refractivity (Wildman–Crippen MR) is 100 cm³/mol. The van der Waals surface area contributed by atoms with Gasteiger partial charge in [0, 0.05) is 12.6 Å². The van der Waals surface area contributed by atoms with Gasteiger partial charge in [-0.1, -0.05) is 42.5 Å².